The molecule has 0 N–H and O–H groups in total. The minimum absolute atomic E-state index is 0.0926. The van der Waals surface area contributed by atoms with Crippen molar-refractivity contribution in [3.05, 3.63) is 94.5 Å². The summed E-state index contributed by atoms with van der Waals surface area (Å²) in [6, 6.07) is 24.3. The van der Waals surface area contributed by atoms with Crippen LogP contribution >= 0.6 is 11.6 Å². The van der Waals surface area contributed by atoms with Gasteiger partial charge in [-0.25, -0.2) is 5.01 Å². The van der Waals surface area contributed by atoms with E-state index in [0.717, 1.165) is 40.3 Å². The maximum Gasteiger partial charge on any atom is 0.214 e. The first-order valence-corrected chi connectivity index (χ1v) is 10.2. The molecule has 5 rings (SSSR count). The van der Waals surface area contributed by atoms with Crippen molar-refractivity contribution in [2.75, 3.05) is 6.61 Å². The number of hydrogen-bond donors (Lipinski definition) is 0. The van der Waals surface area contributed by atoms with E-state index in [1.165, 1.54) is 0 Å². The molecule has 2 heterocycles. The van der Waals surface area contributed by atoms with Crippen LogP contribution < -0.4 is 9.47 Å². The molecule has 29 heavy (non-hydrogen) atoms. The van der Waals surface area contributed by atoms with Crippen LogP contribution in [-0.4, -0.2) is 17.3 Å². The zero-order chi connectivity index (χ0) is 19.8. The van der Waals surface area contributed by atoms with Gasteiger partial charge in [0.2, 0.25) is 6.23 Å². The normalized spacial score (nSPS) is 19.8. The molecule has 0 saturated heterocycles. The molecule has 0 aliphatic carbocycles. The Bertz CT molecular complexity index is 1050. The standard InChI is InChI=1S/C24H21ClN2O2/c1-2-28-22-10-6-9-19-21-15-20(16-7-4-3-5-8-16)26-27(21)24(29-23(19)22)17-11-13-18(25)14-12-17/h3-14,21,24H,2,15H2,1H3/t21-,24+/m0/s1. The largest absolute Gasteiger partial charge is 0.490 e. The monoisotopic (exact) mass is 404 g/mol. The number of halogens is 1. The third kappa shape index (κ3) is 3.23. The van der Waals surface area contributed by atoms with Crippen LogP contribution in [0.1, 0.15) is 42.3 Å². The molecule has 3 aromatic rings. The zero-order valence-electron chi connectivity index (χ0n) is 16.1. The maximum absolute atomic E-state index is 6.49. The van der Waals surface area contributed by atoms with E-state index < -0.39 is 0 Å². The van der Waals surface area contributed by atoms with Gasteiger partial charge in [0.05, 0.1) is 18.4 Å². The lowest BCUT2D eigenvalue weighted by atomic mass is 9.95. The number of nitrogens with zero attached hydrogens (tertiary/aromatic N) is 2. The molecule has 2 atom stereocenters. The number of ether oxygens (including phenoxy) is 2. The summed E-state index contributed by atoms with van der Waals surface area (Å²) in [7, 11) is 0. The van der Waals surface area contributed by atoms with Crippen LogP contribution in [-0.2, 0) is 0 Å². The molecule has 0 spiro atoms. The molecule has 0 aromatic heterocycles. The molecule has 3 aromatic carbocycles. The van der Waals surface area contributed by atoms with Crippen molar-refractivity contribution < 1.29 is 9.47 Å². The van der Waals surface area contributed by atoms with Gasteiger partial charge in [0.15, 0.2) is 11.5 Å². The van der Waals surface area contributed by atoms with E-state index in [1.807, 2.05) is 61.5 Å². The van der Waals surface area contributed by atoms with Crippen LogP contribution in [0.2, 0.25) is 5.02 Å². The second-order valence-electron chi connectivity index (χ2n) is 7.14. The van der Waals surface area contributed by atoms with Crippen LogP contribution in [0.15, 0.2) is 77.9 Å². The smallest absolute Gasteiger partial charge is 0.214 e. The van der Waals surface area contributed by atoms with Crippen molar-refractivity contribution in [1.82, 2.24) is 5.01 Å². The Morgan fingerprint density at radius 2 is 1.83 bits per heavy atom. The minimum atomic E-state index is -0.340. The second-order valence-corrected chi connectivity index (χ2v) is 7.58. The third-order valence-electron chi connectivity index (χ3n) is 5.34. The lowest BCUT2D eigenvalue weighted by Gasteiger charge is -2.38. The van der Waals surface area contributed by atoms with E-state index in [4.69, 9.17) is 26.2 Å². The van der Waals surface area contributed by atoms with Gasteiger partial charge in [-0.05, 0) is 30.7 Å². The van der Waals surface area contributed by atoms with Crippen LogP contribution in [0, 0.1) is 0 Å². The van der Waals surface area contributed by atoms with Crippen LogP contribution in [0.25, 0.3) is 0 Å². The van der Waals surface area contributed by atoms with E-state index in [1.54, 1.807) is 0 Å². The zero-order valence-corrected chi connectivity index (χ0v) is 16.8. The van der Waals surface area contributed by atoms with E-state index in [2.05, 4.69) is 23.2 Å². The average Bonchev–Trinajstić information content (AvgIpc) is 3.21. The summed E-state index contributed by atoms with van der Waals surface area (Å²) in [6.07, 6.45) is 0.479. The van der Waals surface area contributed by atoms with Crippen LogP contribution in [0.3, 0.4) is 0 Å². The van der Waals surface area contributed by atoms with Crippen molar-refractivity contribution >= 4 is 17.3 Å². The first kappa shape index (κ1) is 18.1. The van der Waals surface area contributed by atoms with Gasteiger partial charge in [0, 0.05) is 22.6 Å². The molecule has 0 amide bonds. The van der Waals surface area contributed by atoms with E-state index in [0.29, 0.717) is 11.6 Å². The highest BCUT2D eigenvalue weighted by Crippen LogP contribution is 2.50. The van der Waals surface area contributed by atoms with E-state index in [-0.39, 0.29) is 12.3 Å². The van der Waals surface area contributed by atoms with Crippen molar-refractivity contribution in [3.8, 4) is 11.5 Å². The highest BCUT2D eigenvalue weighted by atomic mass is 35.5. The summed E-state index contributed by atoms with van der Waals surface area (Å²) in [5.41, 5.74) is 4.32. The highest BCUT2D eigenvalue weighted by Gasteiger charge is 2.42. The second kappa shape index (κ2) is 7.45. The molecule has 0 saturated carbocycles. The van der Waals surface area contributed by atoms with Crippen LogP contribution in [0.5, 0.6) is 11.5 Å². The maximum atomic E-state index is 6.49. The molecule has 146 valence electrons. The Morgan fingerprint density at radius 1 is 1.03 bits per heavy atom. The summed E-state index contributed by atoms with van der Waals surface area (Å²) < 4.78 is 12.4. The van der Waals surface area contributed by atoms with Gasteiger partial charge >= 0.3 is 0 Å². The van der Waals surface area contributed by atoms with Gasteiger partial charge < -0.3 is 9.47 Å². The molecule has 0 bridgehead atoms. The molecule has 2 aliphatic rings. The number of para-hydroxylation sites is 1. The lowest BCUT2D eigenvalue weighted by Crippen LogP contribution is -2.33. The molecule has 2 aliphatic heterocycles. The fourth-order valence-corrected chi connectivity index (χ4v) is 4.13. The Morgan fingerprint density at radius 3 is 2.59 bits per heavy atom. The molecule has 0 unspecified atom stereocenters. The first-order chi connectivity index (χ1) is 14.2. The summed E-state index contributed by atoms with van der Waals surface area (Å²) >= 11 is 6.11. The van der Waals surface area contributed by atoms with Gasteiger partial charge in [-0.3, -0.25) is 0 Å². The molecule has 5 heteroatoms. The number of fused-ring (bicyclic) bond motifs is 3. The first-order valence-electron chi connectivity index (χ1n) is 9.83. The quantitative estimate of drug-likeness (QED) is 0.536. The molecule has 4 nitrogen and oxygen atoms in total. The van der Waals surface area contributed by atoms with Crippen molar-refractivity contribution in [3.63, 3.8) is 0 Å². The minimum Gasteiger partial charge on any atom is -0.490 e. The number of hydrazone groups is 1. The molecule has 0 fully saturated rings. The van der Waals surface area contributed by atoms with Gasteiger partial charge in [-0.2, -0.15) is 5.10 Å². The van der Waals surface area contributed by atoms with Crippen molar-refractivity contribution in [2.45, 2.75) is 25.6 Å². The van der Waals surface area contributed by atoms with Gasteiger partial charge in [0.1, 0.15) is 0 Å². The van der Waals surface area contributed by atoms with E-state index >= 15 is 0 Å². The summed E-state index contributed by atoms with van der Waals surface area (Å²) in [4.78, 5) is 0. The Hall–Kier alpha value is -2.98. The Kier molecular flexibility index (Phi) is 4.64. The average molecular weight is 405 g/mol. The number of hydrogen-bond acceptors (Lipinski definition) is 4. The lowest BCUT2D eigenvalue weighted by molar-refractivity contribution is -0.0212. The van der Waals surface area contributed by atoms with Gasteiger partial charge in [-0.15, -0.1) is 0 Å². The number of benzene rings is 3. The van der Waals surface area contributed by atoms with Gasteiger partial charge in [-0.1, -0.05) is 66.2 Å². The number of rotatable bonds is 4. The predicted octanol–water partition coefficient (Wildman–Crippen LogP) is 5.98. The topological polar surface area (TPSA) is 34.1 Å². The third-order valence-corrected chi connectivity index (χ3v) is 5.59. The fraction of sp³-hybridized carbons (Fsp3) is 0.208. The summed E-state index contributed by atoms with van der Waals surface area (Å²) in [5.74, 6) is 1.58. The molecule has 0 radical (unpaired) electrons. The predicted molar refractivity (Wildman–Crippen MR) is 115 cm³/mol. The van der Waals surface area contributed by atoms with Crippen LogP contribution in [0.4, 0.5) is 0 Å². The summed E-state index contributed by atoms with van der Waals surface area (Å²) in [5, 5.41) is 7.76. The highest BCUT2D eigenvalue weighted by molar-refractivity contribution is 6.30. The SMILES string of the molecule is CCOc1cccc2c1O[C@H](c1ccc(Cl)cc1)N1N=C(c3ccccc3)C[C@@H]21. The van der Waals surface area contributed by atoms with Crippen molar-refractivity contribution in [1.29, 1.82) is 0 Å². The molecular formula is C24H21ClN2O2. The van der Waals surface area contributed by atoms with Gasteiger partial charge in [0.25, 0.3) is 0 Å². The Labute approximate surface area is 175 Å². The summed E-state index contributed by atoms with van der Waals surface area (Å²) in [6.45, 7) is 2.57. The molecular weight excluding hydrogens is 384 g/mol. The van der Waals surface area contributed by atoms with Crippen molar-refractivity contribution in [2.24, 2.45) is 5.10 Å². The fourth-order valence-electron chi connectivity index (χ4n) is 4.01. The Balaban J connectivity index is 1.61. The van der Waals surface area contributed by atoms with E-state index in [9.17, 15) is 0 Å².